The SMILES string of the molecule is COc1ccc(S(=O)(=O)n2c(=O)n(C(C(=O)N3CCC(N4CCN(Cc5ccccc5)CC4)C3)c3ccccc3)c3cc(C#N)ccc32)cc1. The van der Waals surface area contributed by atoms with Gasteiger partial charge >= 0.3 is 5.69 Å². The van der Waals surface area contributed by atoms with Gasteiger partial charge in [0.1, 0.15) is 11.8 Å². The standard InChI is InChI=1S/C38H38N6O5S/c1-49-32-13-15-33(16-14-32)50(47,48)44-34-17-12-29(25-39)24-35(34)43(38(44)46)36(30-10-6-3-7-11-30)37(45)42-19-18-31(27-42)41-22-20-40(21-23-41)26-28-8-4-2-5-9-28/h2-17,24,31,36H,18-23,26-27H2,1H3. The van der Waals surface area contributed by atoms with Gasteiger partial charge in [0, 0.05) is 51.9 Å². The lowest BCUT2D eigenvalue weighted by Gasteiger charge is -2.38. The van der Waals surface area contributed by atoms with Gasteiger partial charge in [0.25, 0.3) is 15.9 Å². The summed E-state index contributed by atoms with van der Waals surface area (Å²) < 4.78 is 35.4. The molecule has 4 aromatic carbocycles. The van der Waals surface area contributed by atoms with Gasteiger partial charge in [0.2, 0.25) is 0 Å². The van der Waals surface area contributed by atoms with Gasteiger partial charge < -0.3 is 9.64 Å². The van der Waals surface area contributed by atoms with Crippen molar-refractivity contribution in [2.75, 3.05) is 46.4 Å². The maximum absolute atomic E-state index is 14.7. The summed E-state index contributed by atoms with van der Waals surface area (Å²) in [4.78, 5) is 35.8. The molecule has 2 aliphatic rings. The quantitative estimate of drug-likeness (QED) is 0.228. The van der Waals surface area contributed by atoms with E-state index in [0.29, 0.717) is 24.4 Å². The number of benzene rings is 4. The van der Waals surface area contributed by atoms with Crippen molar-refractivity contribution in [3.8, 4) is 11.8 Å². The van der Waals surface area contributed by atoms with Crippen LogP contribution in [0.2, 0.25) is 0 Å². The van der Waals surface area contributed by atoms with Crippen molar-refractivity contribution in [2.24, 2.45) is 0 Å². The number of nitriles is 1. The number of aromatic nitrogens is 2. The van der Waals surface area contributed by atoms with Crippen LogP contribution in [0.4, 0.5) is 0 Å². The van der Waals surface area contributed by atoms with Crippen LogP contribution in [0.1, 0.15) is 29.2 Å². The van der Waals surface area contributed by atoms with Crippen molar-refractivity contribution in [3.63, 3.8) is 0 Å². The molecule has 7 rings (SSSR count). The number of rotatable bonds is 9. The van der Waals surface area contributed by atoms with Gasteiger partial charge in [-0.25, -0.2) is 13.2 Å². The lowest BCUT2D eigenvalue weighted by Crippen LogP contribution is -2.51. The minimum absolute atomic E-state index is 0.0752. The second kappa shape index (κ2) is 14.0. The monoisotopic (exact) mass is 690 g/mol. The fraction of sp³-hybridized carbons (Fsp3) is 0.289. The Morgan fingerprint density at radius 1 is 0.880 bits per heavy atom. The van der Waals surface area contributed by atoms with Crippen LogP contribution in [-0.2, 0) is 21.4 Å². The van der Waals surface area contributed by atoms with E-state index in [4.69, 9.17) is 4.74 Å². The number of carbonyl (C=O) groups excluding carboxylic acids is 1. The molecule has 256 valence electrons. The number of hydrogen-bond donors (Lipinski definition) is 0. The topological polar surface area (TPSA) is 121 Å². The first-order chi connectivity index (χ1) is 24.3. The summed E-state index contributed by atoms with van der Waals surface area (Å²) in [5.41, 5.74) is 1.43. The lowest BCUT2D eigenvalue weighted by molar-refractivity contribution is -0.132. The molecule has 3 heterocycles. The van der Waals surface area contributed by atoms with Gasteiger partial charge in [-0.2, -0.15) is 9.23 Å². The molecule has 2 aliphatic heterocycles. The smallest absolute Gasteiger partial charge is 0.344 e. The largest absolute Gasteiger partial charge is 0.497 e. The number of fused-ring (bicyclic) bond motifs is 1. The van der Waals surface area contributed by atoms with Crippen molar-refractivity contribution in [1.29, 1.82) is 5.26 Å². The normalized spacial score (nSPS) is 17.8. The van der Waals surface area contributed by atoms with Gasteiger partial charge in [-0.05, 0) is 60.0 Å². The predicted molar refractivity (Wildman–Crippen MR) is 189 cm³/mol. The molecule has 0 aliphatic carbocycles. The third-order valence-corrected chi connectivity index (χ3v) is 11.5. The lowest BCUT2D eigenvalue weighted by atomic mass is 10.0. The van der Waals surface area contributed by atoms with Crippen molar-refractivity contribution in [1.82, 2.24) is 23.2 Å². The fourth-order valence-electron chi connectivity index (χ4n) is 7.18. The molecule has 50 heavy (non-hydrogen) atoms. The molecule has 5 aromatic rings. The van der Waals surface area contributed by atoms with Crippen molar-refractivity contribution >= 4 is 27.0 Å². The van der Waals surface area contributed by atoms with Gasteiger partial charge in [0.15, 0.2) is 0 Å². The van der Waals surface area contributed by atoms with Crippen LogP contribution in [0.3, 0.4) is 0 Å². The van der Waals surface area contributed by atoms with E-state index in [1.54, 1.807) is 29.2 Å². The number of imidazole rings is 1. The molecule has 1 amide bonds. The molecule has 0 bridgehead atoms. The van der Waals surface area contributed by atoms with E-state index in [9.17, 15) is 23.3 Å². The summed E-state index contributed by atoms with van der Waals surface area (Å²) in [5, 5.41) is 9.77. The highest BCUT2D eigenvalue weighted by Gasteiger charge is 2.38. The minimum atomic E-state index is -4.42. The van der Waals surface area contributed by atoms with E-state index < -0.39 is 21.8 Å². The maximum atomic E-state index is 14.7. The summed E-state index contributed by atoms with van der Waals surface area (Å²) in [6, 6.07) is 30.6. The van der Waals surface area contributed by atoms with Gasteiger partial charge in [-0.1, -0.05) is 60.7 Å². The number of methoxy groups -OCH3 is 1. The highest BCUT2D eigenvalue weighted by Crippen LogP contribution is 2.30. The first-order valence-electron chi connectivity index (χ1n) is 16.7. The van der Waals surface area contributed by atoms with Gasteiger partial charge in [-0.3, -0.25) is 19.2 Å². The highest BCUT2D eigenvalue weighted by molar-refractivity contribution is 7.90. The van der Waals surface area contributed by atoms with E-state index in [-0.39, 0.29) is 33.4 Å². The molecule has 1 aromatic heterocycles. The van der Waals surface area contributed by atoms with Crippen LogP contribution in [0.15, 0.2) is 113 Å². The fourth-order valence-corrected chi connectivity index (χ4v) is 8.57. The van der Waals surface area contributed by atoms with Crippen LogP contribution in [0, 0.1) is 11.3 Å². The number of amides is 1. The zero-order chi connectivity index (χ0) is 34.8. The molecule has 0 spiro atoms. The van der Waals surface area contributed by atoms with Crippen molar-refractivity contribution in [3.05, 3.63) is 130 Å². The number of carbonyl (C=O) groups is 1. The van der Waals surface area contributed by atoms with Crippen LogP contribution in [0.5, 0.6) is 5.75 Å². The summed E-state index contributed by atoms with van der Waals surface area (Å²) >= 11 is 0. The zero-order valence-electron chi connectivity index (χ0n) is 27.8. The molecular formula is C38H38N6O5S. The summed E-state index contributed by atoms with van der Waals surface area (Å²) in [5.74, 6) is 0.164. The van der Waals surface area contributed by atoms with Gasteiger partial charge in [0.05, 0.1) is 34.7 Å². The van der Waals surface area contributed by atoms with E-state index in [1.807, 2.05) is 12.1 Å². The summed E-state index contributed by atoms with van der Waals surface area (Å²) in [6.45, 7) is 5.59. The van der Waals surface area contributed by atoms with Crippen LogP contribution in [-0.4, -0.2) is 90.0 Å². The van der Waals surface area contributed by atoms with Crippen molar-refractivity contribution in [2.45, 2.75) is 29.9 Å². The molecule has 2 unspecified atom stereocenters. The van der Waals surface area contributed by atoms with E-state index in [2.05, 4.69) is 40.1 Å². The molecule has 2 saturated heterocycles. The van der Waals surface area contributed by atoms with Crippen LogP contribution < -0.4 is 10.4 Å². The Morgan fingerprint density at radius 3 is 2.22 bits per heavy atom. The molecule has 2 atom stereocenters. The van der Waals surface area contributed by atoms with E-state index >= 15 is 0 Å². The second-order valence-electron chi connectivity index (χ2n) is 12.8. The first-order valence-corrected chi connectivity index (χ1v) is 18.1. The molecular weight excluding hydrogens is 653 g/mol. The summed E-state index contributed by atoms with van der Waals surface area (Å²) in [6.07, 6.45) is 0.799. The Bertz CT molecular complexity index is 2200. The van der Waals surface area contributed by atoms with E-state index in [0.717, 1.165) is 43.1 Å². The third kappa shape index (κ3) is 6.31. The Morgan fingerprint density at radius 2 is 1.56 bits per heavy atom. The Kier molecular flexibility index (Phi) is 9.29. The van der Waals surface area contributed by atoms with Crippen LogP contribution >= 0.6 is 0 Å². The highest BCUT2D eigenvalue weighted by atomic mass is 32.2. The van der Waals surface area contributed by atoms with E-state index in [1.165, 1.54) is 59.7 Å². The Hall–Kier alpha value is -5.22. The number of piperazine rings is 1. The number of nitrogens with zero attached hydrogens (tertiary/aromatic N) is 6. The van der Waals surface area contributed by atoms with Crippen molar-refractivity contribution < 1.29 is 17.9 Å². The second-order valence-corrected chi connectivity index (χ2v) is 14.5. The zero-order valence-corrected chi connectivity index (χ0v) is 28.6. The minimum Gasteiger partial charge on any atom is -0.497 e. The molecule has 12 heteroatoms. The molecule has 0 saturated carbocycles. The summed E-state index contributed by atoms with van der Waals surface area (Å²) in [7, 11) is -2.94. The predicted octanol–water partition coefficient (Wildman–Crippen LogP) is 3.93. The Balaban J connectivity index is 1.21. The molecule has 0 N–H and O–H groups in total. The molecule has 0 radical (unpaired) electrons. The average Bonchev–Trinajstić information content (AvgIpc) is 3.76. The number of hydrogen-bond acceptors (Lipinski definition) is 8. The number of ether oxygens (including phenoxy) is 1. The Labute approximate surface area is 291 Å². The molecule has 11 nitrogen and oxygen atoms in total. The molecule has 2 fully saturated rings. The maximum Gasteiger partial charge on any atom is 0.344 e. The first kappa shape index (κ1) is 33.3. The number of likely N-dealkylation sites (tertiary alicyclic amines) is 1. The van der Waals surface area contributed by atoms with Crippen LogP contribution in [0.25, 0.3) is 11.0 Å². The third-order valence-electron chi connectivity index (χ3n) is 9.82. The van der Waals surface area contributed by atoms with Gasteiger partial charge in [-0.15, -0.1) is 0 Å². The average molecular weight is 691 g/mol.